The molecule has 7 nitrogen and oxygen atoms in total. The van der Waals surface area contributed by atoms with E-state index >= 15 is 0 Å². The van der Waals surface area contributed by atoms with Crippen LogP contribution in [-0.4, -0.2) is 58.6 Å². The molecule has 3 heterocycles. The highest BCUT2D eigenvalue weighted by Crippen LogP contribution is 2.21. The molecule has 0 bridgehead atoms. The van der Waals surface area contributed by atoms with Gasteiger partial charge in [-0.2, -0.15) is 5.10 Å². The van der Waals surface area contributed by atoms with Crippen LogP contribution in [-0.2, 0) is 9.84 Å². The lowest BCUT2D eigenvalue weighted by molar-refractivity contribution is 0.0747. The molecular formula is C22H20N4O3S. The Balaban J connectivity index is 1.68. The Kier molecular flexibility index (Phi) is 5.38. The smallest absolute Gasteiger partial charge is 0.253 e. The first-order chi connectivity index (χ1) is 14.4. The van der Waals surface area contributed by atoms with E-state index in [9.17, 15) is 13.2 Å². The van der Waals surface area contributed by atoms with Crippen LogP contribution in [0.5, 0.6) is 0 Å². The Labute approximate surface area is 175 Å². The maximum atomic E-state index is 13.0. The summed E-state index contributed by atoms with van der Waals surface area (Å²) >= 11 is 0. The zero-order chi connectivity index (χ0) is 21.1. The van der Waals surface area contributed by atoms with E-state index in [1.54, 1.807) is 48.5 Å². The second kappa shape index (κ2) is 8.13. The second-order valence-corrected chi connectivity index (χ2v) is 9.38. The SMILES string of the molecule is CN(C(=O)c1ccc(-n2cccn2)c(C#Cc2cccnc2)c1)C1CCS(=O)(=O)C1. The van der Waals surface area contributed by atoms with Crippen molar-refractivity contribution in [2.75, 3.05) is 18.6 Å². The summed E-state index contributed by atoms with van der Waals surface area (Å²) < 4.78 is 25.3. The number of carbonyl (C=O) groups excluding carboxylic acids is 1. The second-order valence-electron chi connectivity index (χ2n) is 7.15. The van der Waals surface area contributed by atoms with Crippen molar-refractivity contribution in [2.24, 2.45) is 0 Å². The van der Waals surface area contributed by atoms with E-state index in [1.165, 1.54) is 4.90 Å². The van der Waals surface area contributed by atoms with Gasteiger partial charge in [0.05, 0.1) is 22.8 Å². The molecule has 1 atom stereocenters. The molecule has 1 aliphatic heterocycles. The highest BCUT2D eigenvalue weighted by atomic mass is 32.2. The van der Waals surface area contributed by atoms with Gasteiger partial charge in [-0.15, -0.1) is 0 Å². The number of sulfone groups is 1. The van der Waals surface area contributed by atoms with Crippen molar-refractivity contribution < 1.29 is 13.2 Å². The Morgan fingerprint density at radius 1 is 1.20 bits per heavy atom. The van der Waals surface area contributed by atoms with Gasteiger partial charge < -0.3 is 4.90 Å². The minimum atomic E-state index is -3.07. The average Bonchev–Trinajstić information content (AvgIpc) is 3.41. The molecule has 1 saturated heterocycles. The van der Waals surface area contributed by atoms with Crippen molar-refractivity contribution in [1.29, 1.82) is 0 Å². The molecule has 1 aromatic carbocycles. The largest absolute Gasteiger partial charge is 0.338 e. The third kappa shape index (κ3) is 4.26. The topological polar surface area (TPSA) is 85.2 Å². The lowest BCUT2D eigenvalue weighted by atomic mass is 10.1. The third-order valence-electron chi connectivity index (χ3n) is 5.07. The number of amides is 1. The van der Waals surface area contributed by atoms with Gasteiger partial charge in [-0.1, -0.05) is 11.8 Å². The van der Waals surface area contributed by atoms with Gasteiger partial charge in [-0.05, 0) is 42.8 Å². The van der Waals surface area contributed by atoms with Gasteiger partial charge in [-0.3, -0.25) is 9.78 Å². The Hall–Kier alpha value is -3.44. The third-order valence-corrected chi connectivity index (χ3v) is 6.82. The summed E-state index contributed by atoms with van der Waals surface area (Å²) in [6.07, 6.45) is 7.29. The summed E-state index contributed by atoms with van der Waals surface area (Å²) in [6.45, 7) is 0. The van der Waals surface area contributed by atoms with Crippen molar-refractivity contribution in [2.45, 2.75) is 12.5 Å². The van der Waals surface area contributed by atoms with Crippen LogP contribution in [0.3, 0.4) is 0 Å². The van der Waals surface area contributed by atoms with Crippen LogP contribution in [0, 0.1) is 11.8 Å². The van der Waals surface area contributed by atoms with Crippen molar-refractivity contribution in [3.8, 4) is 17.5 Å². The maximum absolute atomic E-state index is 13.0. The number of hydrogen-bond donors (Lipinski definition) is 0. The first-order valence-electron chi connectivity index (χ1n) is 9.47. The number of benzene rings is 1. The van der Waals surface area contributed by atoms with E-state index in [2.05, 4.69) is 21.9 Å². The van der Waals surface area contributed by atoms with Crippen molar-refractivity contribution in [1.82, 2.24) is 19.7 Å². The monoisotopic (exact) mass is 420 g/mol. The van der Waals surface area contributed by atoms with Crippen LogP contribution in [0.1, 0.15) is 27.9 Å². The van der Waals surface area contributed by atoms with Crippen LogP contribution in [0.15, 0.2) is 61.2 Å². The van der Waals surface area contributed by atoms with Gasteiger partial charge in [0.15, 0.2) is 9.84 Å². The first-order valence-corrected chi connectivity index (χ1v) is 11.3. The van der Waals surface area contributed by atoms with Gasteiger partial charge in [0.1, 0.15) is 0 Å². The van der Waals surface area contributed by atoms with Gasteiger partial charge in [0.2, 0.25) is 0 Å². The predicted molar refractivity (Wildman–Crippen MR) is 113 cm³/mol. The van der Waals surface area contributed by atoms with Crippen molar-refractivity contribution in [3.63, 3.8) is 0 Å². The molecule has 1 fully saturated rings. The number of carbonyl (C=O) groups is 1. The van der Waals surface area contributed by atoms with E-state index in [0.29, 0.717) is 17.5 Å². The molecule has 30 heavy (non-hydrogen) atoms. The maximum Gasteiger partial charge on any atom is 0.253 e. The summed E-state index contributed by atoms with van der Waals surface area (Å²) in [6, 6.07) is 10.4. The van der Waals surface area contributed by atoms with Gasteiger partial charge >= 0.3 is 0 Å². The number of hydrogen-bond acceptors (Lipinski definition) is 5. The van der Waals surface area contributed by atoms with Crippen LogP contribution >= 0.6 is 0 Å². The number of aromatic nitrogens is 3. The van der Waals surface area contributed by atoms with Crippen LogP contribution < -0.4 is 0 Å². The Bertz CT molecular complexity index is 1230. The van der Waals surface area contributed by atoms with Crippen molar-refractivity contribution in [3.05, 3.63) is 77.9 Å². The minimum absolute atomic E-state index is 0.00821. The molecule has 8 heteroatoms. The molecule has 0 saturated carbocycles. The van der Waals surface area contributed by atoms with E-state index < -0.39 is 9.84 Å². The molecule has 2 aromatic heterocycles. The molecule has 0 aliphatic carbocycles. The van der Waals surface area contributed by atoms with E-state index in [4.69, 9.17) is 0 Å². The average molecular weight is 420 g/mol. The van der Waals surface area contributed by atoms with Crippen molar-refractivity contribution >= 4 is 15.7 Å². The first kappa shape index (κ1) is 19.9. The molecule has 152 valence electrons. The molecule has 3 aromatic rings. The highest BCUT2D eigenvalue weighted by molar-refractivity contribution is 7.91. The number of rotatable bonds is 3. The summed E-state index contributed by atoms with van der Waals surface area (Å²) in [5.41, 5.74) is 2.60. The standard InChI is InChI=1S/C22H20N4O3S/c1-25(20-9-13-30(28,29)16-20)22(27)19-7-8-21(26-12-3-11-24-26)18(14-19)6-5-17-4-2-10-23-15-17/h2-4,7-8,10-12,14-15,20H,9,13,16H2,1H3. The van der Waals surface area contributed by atoms with E-state index in [-0.39, 0.29) is 23.5 Å². The molecule has 1 unspecified atom stereocenters. The van der Waals surface area contributed by atoms with Crippen LogP contribution in [0.4, 0.5) is 0 Å². The van der Waals surface area contributed by atoms with Crippen LogP contribution in [0.2, 0.25) is 0 Å². The lowest BCUT2D eigenvalue weighted by Gasteiger charge is -2.23. The van der Waals surface area contributed by atoms with Gasteiger partial charge in [0, 0.05) is 49.0 Å². The predicted octanol–water partition coefficient (Wildman–Crippen LogP) is 1.93. The van der Waals surface area contributed by atoms with E-state index in [0.717, 1.165) is 11.3 Å². The molecule has 0 spiro atoms. The minimum Gasteiger partial charge on any atom is -0.338 e. The fourth-order valence-electron chi connectivity index (χ4n) is 3.41. The molecular weight excluding hydrogens is 400 g/mol. The fourth-order valence-corrected chi connectivity index (χ4v) is 5.18. The molecule has 4 rings (SSSR count). The molecule has 0 radical (unpaired) electrons. The highest BCUT2D eigenvalue weighted by Gasteiger charge is 2.33. The zero-order valence-electron chi connectivity index (χ0n) is 16.4. The zero-order valence-corrected chi connectivity index (χ0v) is 17.2. The quantitative estimate of drug-likeness (QED) is 0.605. The lowest BCUT2D eigenvalue weighted by Crippen LogP contribution is -2.37. The number of nitrogens with zero attached hydrogens (tertiary/aromatic N) is 4. The molecule has 0 N–H and O–H groups in total. The summed E-state index contributed by atoms with van der Waals surface area (Å²) in [4.78, 5) is 18.6. The summed E-state index contributed by atoms with van der Waals surface area (Å²) in [7, 11) is -1.42. The normalized spacial score (nSPS) is 17.2. The van der Waals surface area contributed by atoms with Gasteiger partial charge in [-0.25, -0.2) is 13.1 Å². The summed E-state index contributed by atoms with van der Waals surface area (Å²) in [5, 5.41) is 4.27. The molecule has 1 amide bonds. The number of pyridine rings is 1. The van der Waals surface area contributed by atoms with E-state index in [1.807, 2.05) is 24.4 Å². The molecule has 1 aliphatic rings. The Morgan fingerprint density at radius 3 is 2.73 bits per heavy atom. The Morgan fingerprint density at radius 2 is 2.07 bits per heavy atom. The fraction of sp³-hybridized carbons (Fsp3) is 0.227. The summed E-state index contributed by atoms with van der Waals surface area (Å²) in [5.74, 6) is 6.08. The van der Waals surface area contributed by atoms with Gasteiger partial charge in [0.25, 0.3) is 5.91 Å². The van der Waals surface area contributed by atoms with Crippen LogP contribution in [0.25, 0.3) is 5.69 Å².